The van der Waals surface area contributed by atoms with E-state index in [-0.39, 0.29) is 5.91 Å². The summed E-state index contributed by atoms with van der Waals surface area (Å²) in [4.78, 5) is 23.8. The molecule has 0 saturated heterocycles. The fourth-order valence-corrected chi connectivity index (χ4v) is 3.30. The molecule has 3 N–H and O–H groups in total. The van der Waals surface area contributed by atoms with Crippen LogP contribution in [0.3, 0.4) is 0 Å². The Hall–Kier alpha value is -2.82. The zero-order chi connectivity index (χ0) is 17.6. The summed E-state index contributed by atoms with van der Waals surface area (Å²) in [6, 6.07) is 17.2. The standard InChI is InChI=1S/C20H22N2O3/c23-19(17-8-4-5-9-18(17)20(24)25)22-16-12-10-15(11-13-16)21-14-6-2-1-3-7-14/h1-3,6-7,10-13,17-18,21H,4-5,8-9H2,(H,22,23)(H,24,25)/t17-,18-/m1/s1. The first-order valence-corrected chi connectivity index (χ1v) is 8.59. The van der Waals surface area contributed by atoms with Crippen LogP contribution in [0, 0.1) is 11.8 Å². The predicted molar refractivity (Wildman–Crippen MR) is 97.9 cm³/mol. The second-order valence-electron chi connectivity index (χ2n) is 6.39. The van der Waals surface area contributed by atoms with Crippen LogP contribution < -0.4 is 10.6 Å². The highest BCUT2D eigenvalue weighted by atomic mass is 16.4. The number of anilines is 3. The Morgan fingerprint density at radius 1 is 0.800 bits per heavy atom. The highest BCUT2D eigenvalue weighted by Crippen LogP contribution is 2.31. The van der Waals surface area contributed by atoms with Crippen molar-refractivity contribution in [3.63, 3.8) is 0 Å². The van der Waals surface area contributed by atoms with Gasteiger partial charge < -0.3 is 15.7 Å². The van der Waals surface area contributed by atoms with Crippen LogP contribution in [-0.4, -0.2) is 17.0 Å². The van der Waals surface area contributed by atoms with Crippen LogP contribution in [0.15, 0.2) is 54.6 Å². The van der Waals surface area contributed by atoms with Crippen LogP contribution in [0.4, 0.5) is 17.1 Å². The van der Waals surface area contributed by atoms with Gasteiger partial charge in [-0.2, -0.15) is 0 Å². The number of amides is 1. The van der Waals surface area contributed by atoms with Gasteiger partial charge in [-0.25, -0.2) is 0 Å². The lowest BCUT2D eigenvalue weighted by Gasteiger charge is -2.27. The molecular formula is C20H22N2O3. The molecule has 0 heterocycles. The number of nitrogens with one attached hydrogen (secondary N) is 2. The fraction of sp³-hybridized carbons (Fsp3) is 0.300. The maximum atomic E-state index is 12.5. The molecule has 0 unspecified atom stereocenters. The number of rotatable bonds is 5. The van der Waals surface area contributed by atoms with E-state index in [1.165, 1.54) is 0 Å². The number of para-hydroxylation sites is 1. The van der Waals surface area contributed by atoms with E-state index in [4.69, 9.17) is 0 Å². The van der Waals surface area contributed by atoms with Crippen molar-refractivity contribution in [3.8, 4) is 0 Å². The first-order chi connectivity index (χ1) is 12.1. The average Bonchev–Trinajstić information content (AvgIpc) is 2.64. The van der Waals surface area contributed by atoms with Gasteiger partial charge in [-0.3, -0.25) is 9.59 Å². The van der Waals surface area contributed by atoms with E-state index in [2.05, 4.69) is 10.6 Å². The van der Waals surface area contributed by atoms with Crippen LogP contribution in [0.5, 0.6) is 0 Å². The summed E-state index contributed by atoms with van der Waals surface area (Å²) in [6.45, 7) is 0. The fourth-order valence-electron chi connectivity index (χ4n) is 3.30. The molecule has 25 heavy (non-hydrogen) atoms. The van der Waals surface area contributed by atoms with Gasteiger partial charge in [-0.05, 0) is 49.2 Å². The van der Waals surface area contributed by atoms with Gasteiger partial charge >= 0.3 is 5.97 Å². The van der Waals surface area contributed by atoms with Crippen molar-refractivity contribution >= 4 is 28.9 Å². The van der Waals surface area contributed by atoms with Gasteiger partial charge in [0, 0.05) is 17.1 Å². The number of hydrogen-bond acceptors (Lipinski definition) is 3. The number of carbonyl (C=O) groups excluding carboxylic acids is 1. The molecule has 1 aliphatic carbocycles. The molecule has 0 bridgehead atoms. The molecule has 3 rings (SSSR count). The summed E-state index contributed by atoms with van der Waals surface area (Å²) in [7, 11) is 0. The lowest BCUT2D eigenvalue weighted by atomic mass is 9.78. The van der Waals surface area contributed by atoms with Gasteiger partial charge in [0.15, 0.2) is 0 Å². The summed E-state index contributed by atoms with van der Waals surface area (Å²) >= 11 is 0. The van der Waals surface area contributed by atoms with E-state index in [0.29, 0.717) is 18.5 Å². The monoisotopic (exact) mass is 338 g/mol. The topological polar surface area (TPSA) is 78.4 Å². The predicted octanol–water partition coefficient (Wildman–Crippen LogP) is 4.26. The quantitative estimate of drug-likeness (QED) is 0.761. The Labute approximate surface area is 147 Å². The molecule has 0 aliphatic heterocycles. The summed E-state index contributed by atoms with van der Waals surface area (Å²) in [5.74, 6) is -2.10. The van der Waals surface area contributed by atoms with E-state index >= 15 is 0 Å². The molecule has 1 saturated carbocycles. The van der Waals surface area contributed by atoms with Crippen LogP contribution in [-0.2, 0) is 9.59 Å². The first-order valence-electron chi connectivity index (χ1n) is 8.59. The number of carbonyl (C=O) groups is 2. The highest BCUT2D eigenvalue weighted by Gasteiger charge is 2.35. The Morgan fingerprint density at radius 3 is 2.00 bits per heavy atom. The molecule has 130 valence electrons. The summed E-state index contributed by atoms with van der Waals surface area (Å²) in [6.07, 6.45) is 2.99. The molecule has 0 spiro atoms. The van der Waals surface area contributed by atoms with Crippen molar-refractivity contribution in [1.29, 1.82) is 0 Å². The summed E-state index contributed by atoms with van der Waals surface area (Å²) in [5, 5.41) is 15.4. The molecule has 5 heteroatoms. The number of benzene rings is 2. The number of aliphatic carboxylic acids is 1. The van der Waals surface area contributed by atoms with Crippen molar-refractivity contribution in [3.05, 3.63) is 54.6 Å². The molecule has 2 atom stereocenters. The van der Waals surface area contributed by atoms with Crippen molar-refractivity contribution in [2.24, 2.45) is 11.8 Å². The van der Waals surface area contributed by atoms with E-state index in [1.54, 1.807) is 0 Å². The summed E-state index contributed by atoms with van der Waals surface area (Å²) < 4.78 is 0. The SMILES string of the molecule is O=C(O)[C@@H]1CCCC[C@H]1C(=O)Nc1ccc(Nc2ccccc2)cc1. The normalized spacial score (nSPS) is 19.8. The number of hydrogen-bond donors (Lipinski definition) is 3. The molecule has 1 aliphatic rings. The minimum atomic E-state index is -0.873. The largest absolute Gasteiger partial charge is 0.481 e. The molecule has 5 nitrogen and oxygen atoms in total. The van der Waals surface area contributed by atoms with Gasteiger partial charge in [0.1, 0.15) is 0 Å². The zero-order valence-corrected chi connectivity index (χ0v) is 13.9. The third-order valence-electron chi connectivity index (χ3n) is 4.63. The molecule has 2 aromatic carbocycles. The Morgan fingerprint density at radius 2 is 1.36 bits per heavy atom. The van der Waals surface area contributed by atoms with Crippen LogP contribution in [0.2, 0.25) is 0 Å². The molecule has 1 amide bonds. The molecule has 1 fully saturated rings. The van der Waals surface area contributed by atoms with Crippen LogP contribution >= 0.6 is 0 Å². The van der Waals surface area contributed by atoms with Crippen molar-refractivity contribution < 1.29 is 14.7 Å². The first kappa shape index (κ1) is 17.0. The van der Waals surface area contributed by atoms with E-state index in [1.807, 2.05) is 54.6 Å². The molecule has 0 radical (unpaired) electrons. The van der Waals surface area contributed by atoms with Crippen LogP contribution in [0.1, 0.15) is 25.7 Å². The summed E-state index contributed by atoms with van der Waals surface area (Å²) in [5.41, 5.74) is 2.59. The van der Waals surface area contributed by atoms with Crippen molar-refractivity contribution in [2.75, 3.05) is 10.6 Å². The third-order valence-corrected chi connectivity index (χ3v) is 4.63. The van der Waals surface area contributed by atoms with Gasteiger partial charge in [0.05, 0.1) is 11.8 Å². The van der Waals surface area contributed by atoms with Gasteiger partial charge in [-0.1, -0.05) is 31.0 Å². The van der Waals surface area contributed by atoms with E-state index in [9.17, 15) is 14.7 Å². The maximum absolute atomic E-state index is 12.5. The highest BCUT2D eigenvalue weighted by molar-refractivity contribution is 5.95. The minimum Gasteiger partial charge on any atom is -0.481 e. The number of carboxylic acid groups (broad SMARTS) is 1. The van der Waals surface area contributed by atoms with Gasteiger partial charge in [0.25, 0.3) is 0 Å². The second kappa shape index (κ2) is 7.83. The third kappa shape index (κ3) is 4.38. The smallest absolute Gasteiger partial charge is 0.307 e. The van der Waals surface area contributed by atoms with Crippen LogP contribution in [0.25, 0.3) is 0 Å². The molecular weight excluding hydrogens is 316 g/mol. The minimum absolute atomic E-state index is 0.198. The molecule has 2 aromatic rings. The average molecular weight is 338 g/mol. The Kier molecular flexibility index (Phi) is 5.33. The lowest BCUT2D eigenvalue weighted by Crippen LogP contribution is -2.36. The number of carboxylic acids is 1. The van der Waals surface area contributed by atoms with Crippen molar-refractivity contribution in [1.82, 2.24) is 0 Å². The second-order valence-corrected chi connectivity index (χ2v) is 6.39. The lowest BCUT2D eigenvalue weighted by molar-refractivity contribution is -0.147. The van der Waals surface area contributed by atoms with Gasteiger partial charge in [-0.15, -0.1) is 0 Å². The van der Waals surface area contributed by atoms with Gasteiger partial charge in [0.2, 0.25) is 5.91 Å². The molecule has 0 aromatic heterocycles. The van der Waals surface area contributed by atoms with Crippen molar-refractivity contribution in [2.45, 2.75) is 25.7 Å². The van der Waals surface area contributed by atoms with E-state index < -0.39 is 17.8 Å². The Balaban J connectivity index is 1.62. The Bertz CT molecular complexity index is 728. The van der Waals surface area contributed by atoms with E-state index in [0.717, 1.165) is 24.2 Å². The maximum Gasteiger partial charge on any atom is 0.307 e. The zero-order valence-electron chi connectivity index (χ0n) is 13.9.